The molecule has 0 saturated carbocycles. The van der Waals surface area contributed by atoms with Gasteiger partial charge in [0.15, 0.2) is 0 Å². The van der Waals surface area contributed by atoms with Gasteiger partial charge < -0.3 is 5.73 Å². The summed E-state index contributed by atoms with van der Waals surface area (Å²) in [6.45, 7) is 6.71. The summed E-state index contributed by atoms with van der Waals surface area (Å²) in [6.07, 6.45) is 3.93. The van der Waals surface area contributed by atoms with Crippen molar-refractivity contribution in [3.8, 4) is 0 Å². The van der Waals surface area contributed by atoms with Gasteiger partial charge in [0, 0.05) is 0 Å². The Balaban J connectivity index is 2.36. The molecule has 0 aromatic heterocycles. The molecule has 1 heterocycles. The smallest absolute Gasteiger partial charge is 0.0899 e. The zero-order valence-corrected chi connectivity index (χ0v) is 9.44. The van der Waals surface area contributed by atoms with Crippen LogP contribution in [0.25, 0.3) is 0 Å². The molecule has 0 bridgehead atoms. The number of rotatable bonds is 3. The Bertz CT molecular complexity index is 174. The standard InChI is InChI=1S/C10H20N2S/c1-3-9-4-6-12(7-5-9)8(2)10(11)13/h8-9H,3-7H2,1-2H3,(H2,11,13). The van der Waals surface area contributed by atoms with Crippen molar-refractivity contribution >= 4 is 17.2 Å². The molecule has 0 radical (unpaired) electrons. The molecule has 1 unspecified atom stereocenters. The Morgan fingerprint density at radius 3 is 2.46 bits per heavy atom. The molecule has 3 heteroatoms. The molecule has 2 N–H and O–H groups in total. The van der Waals surface area contributed by atoms with Gasteiger partial charge in [-0.3, -0.25) is 4.90 Å². The van der Waals surface area contributed by atoms with Crippen LogP contribution in [0.4, 0.5) is 0 Å². The first-order chi connectivity index (χ1) is 6.15. The van der Waals surface area contributed by atoms with Crippen LogP contribution in [0.2, 0.25) is 0 Å². The predicted octanol–water partition coefficient (Wildman–Crippen LogP) is 1.78. The maximum Gasteiger partial charge on any atom is 0.0899 e. The van der Waals surface area contributed by atoms with Crippen LogP contribution in [0.1, 0.15) is 33.1 Å². The third kappa shape index (κ3) is 2.92. The molecule has 0 aromatic carbocycles. The molecule has 1 rings (SSSR count). The Morgan fingerprint density at radius 1 is 1.54 bits per heavy atom. The Hall–Kier alpha value is -0.150. The summed E-state index contributed by atoms with van der Waals surface area (Å²) in [4.78, 5) is 3.03. The lowest BCUT2D eigenvalue weighted by Gasteiger charge is -2.35. The van der Waals surface area contributed by atoms with Crippen LogP contribution in [-0.2, 0) is 0 Å². The van der Waals surface area contributed by atoms with E-state index in [4.69, 9.17) is 18.0 Å². The Kier molecular flexibility index (Phi) is 4.13. The van der Waals surface area contributed by atoms with Crippen LogP contribution in [0.3, 0.4) is 0 Å². The lowest BCUT2D eigenvalue weighted by atomic mass is 9.94. The third-order valence-electron chi connectivity index (χ3n) is 3.19. The van der Waals surface area contributed by atoms with E-state index in [1.165, 1.54) is 19.3 Å². The fourth-order valence-corrected chi connectivity index (χ4v) is 2.08. The minimum absolute atomic E-state index is 0.285. The topological polar surface area (TPSA) is 29.3 Å². The Morgan fingerprint density at radius 2 is 2.08 bits per heavy atom. The van der Waals surface area contributed by atoms with Crippen LogP contribution >= 0.6 is 12.2 Å². The highest BCUT2D eigenvalue weighted by atomic mass is 32.1. The summed E-state index contributed by atoms with van der Waals surface area (Å²) in [5, 5.41) is 0. The maximum absolute atomic E-state index is 5.62. The monoisotopic (exact) mass is 200 g/mol. The predicted molar refractivity (Wildman–Crippen MR) is 60.8 cm³/mol. The van der Waals surface area contributed by atoms with E-state index in [1.807, 2.05) is 0 Å². The molecule has 1 aliphatic heterocycles. The van der Waals surface area contributed by atoms with Crippen LogP contribution < -0.4 is 5.73 Å². The summed E-state index contributed by atoms with van der Waals surface area (Å²) in [6, 6.07) is 0.285. The zero-order valence-electron chi connectivity index (χ0n) is 8.62. The average Bonchev–Trinajstić information content (AvgIpc) is 2.17. The van der Waals surface area contributed by atoms with Gasteiger partial charge in [0.25, 0.3) is 0 Å². The summed E-state index contributed by atoms with van der Waals surface area (Å²) < 4.78 is 0. The minimum atomic E-state index is 0.285. The van der Waals surface area contributed by atoms with Crippen LogP contribution in [0, 0.1) is 5.92 Å². The number of hydrogen-bond donors (Lipinski definition) is 1. The summed E-state index contributed by atoms with van der Waals surface area (Å²) in [5.74, 6) is 0.926. The van der Waals surface area contributed by atoms with E-state index >= 15 is 0 Å². The third-order valence-corrected chi connectivity index (χ3v) is 3.53. The first-order valence-electron chi connectivity index (χ1n) is 5.18. The molecule has 1 aliphatic rings. The second-order valence-corrected chi connectivity index (χ2v) is 4.44. The molecule has 13 heavy (non-hydrogen) atoms. The number of nitrogens with two attached hydrogens (primary N) is 1. The van der Waals surface area contributed by atoms with E-state index < -0.39 is 0 Å². The van der Waals surface area contributed by atoms with Gasteiger partial charge in [0.05, 0.1) is 11.0 Å². The lowest BCUT2D eigenvalue weighted by molar-refractivity contribution is 0.168. The molecule has 1 saturated heterocycles. The summed E-state index contributed by atoms with van der Waals surface area (Å²) in [7, 11) is 0. The zero-order chi connectivity index (χ0) is 9.84. The van der Waals surface area contributed by atoms with Crippen molar-refractivity contribution in [2.75, 3.05) is 13.1 Å². The van der Waals surface area contributed by atoms with Gasteiger partial charge in [-0.05, 0) is 38.8 Å². The van der Waals surface area contributed by atoms with Crippen molar-refractivity contribution in [1.29, 1.82) is 0 Å². The van der Waals surface area contributed by atoms with E-state index in [2.05, 4.69) is 18.7 Å². The van der Waals surface area contributed by atoms with E-state index in [1.54, 1.807) is 0 Å². The van der Waals surface area contributed by atoms with Crippen molar-refractivity contribution in [3.63, 3.8) is 0 Å². The second kappa shape index (κ2) is 4.91. The molecule has 0 aromatic rings. The molecular weight excluding hydrogens is 180 g/mol. The SMILES string of the molecule is CCC1CCN(C(C)C(N)=S)CC1. The van der Waals surface area contributed by atoms with Gasteiger partial charge in [-0.15, -0.1) is 0 Å². The summed E-state index contributed by atoms with van der Waals surface area (Å²) in [5.41, 5.74) is 5.62. The number of piperidine rings is 1. The molecule has 76 valence electrons. The van der Waals surface area contributed by atoms with Crippen molar-refractivity contribution in [2.45, 2.75) is 39.2 Å². The summed E-state index contributed by atoms with van der Waals surface area (Å²) >= 11 is 4.99. The lowest BCUT2D eigenvalue weighted by Crippen LogP contribution is -2.45. The molecule has 1 atom stereocenters. The van der Waals surface area contributed by atoms with Crippen LogP contribution in [0.5, 0.6) is 0 Å². The molecule has 0 amide bonds. The van der Waals surface area contributed by atoms with Crippen molar-refractivity contribution in [1.82, 2.24) is 4.90 Å². The van der Waals surface area contributed by atoms with Gasteiger partial charge in [0.2, 0.25) is 0 Å². The Labute approximate surface area is 86.5 Å². The second-order valence-electron chi connectivity index (χ2n) is 3.97. The molecule has 1 fully saturated rings. The van der Waals surface area contributed by atoms with E-state index in [0.717, 1.165) is 19.0 Å². The van der Waals surface area contributed by atoms with Crippen molar-refractivity contribution in [3.05, 3.63) is 0 Å². The highest BCUT2D eigenvalue weighted by Crippen LogP contribution is 2.21. The van der Waals surface area contributed by atoms with Crippen LogP contribution in [0.15, 0.2) is 0 Å². The van der Waals surface area contributed by atoms with Gasteiger partial charge in [-0.2, -0.15) is 0 Å². The number of nitrogens with zero attached hydrogens (tertiary/aromatic N) is 1. The van der Waals surface area contributed by atoms with Gasteiger partial charge >= 0.3 is 0 Å². The highest BCUT2D eigenvalue weighted by Gasteiger charge is 2.22. The molecular formula is C10H20N2S. The number of thiocarbonyl (C=S) groups is 1. The fraction of sp³-hybridized carbons (Fsp3) is 0.900. The largest absolute Gasteiger partial charge is 0.392 e. The van der Waals surface area contributed by atoms with E-state index in [0.29, 0.717) is 4.99 Å². The number of likely N-dealkylation sites (tertiary alicyclic amines) is 1. The van der Waals surface area contributed by atoms with Gasteiger partial charge in [-0.25, -0.2) is 0 Å². The van der Waals surface area contributed by atoms with E-state index in [-0.39, 0.29) is 6.04 Å². The van der Waals surface area contributed by atoms with Crippen molar-refractivity contribution < 1.29 is 0 Å². The maximum atomic E-state index is 5.62. The first kappa shape index (κ1) is 10.9. The van der Waals surface area contributed by atoms with E-state index in [9.17, 15) is 0 Å². The number of hydrogen-bond acceptors (Lipinski definition) is 2. The average molecular weight is 200 g/mol. The first-order valence-corrected chi connectivity index (χ1v) is 5.59. The molecule has 0 spiro atoms. The van der Waals surface area contributed by atoms with Gasteiger partial charge in [0.1, 0.15) is 0 Å². The normalized spacial score (nSPS) is 22.9. The van der Waals surface area contributed by atoms with Crippen molar-refractivity contribution in [2.24, 2.45) is 11.7 Å². The quantitative estimate of drug-likeness (QED) is 0.704. The molecule has 0 aliphatic carbocycles. The highest BCUT2D eigenvalue weighted by molar-refractivity contribution is 7.80. The fourth-order valence-electron chi connectivity index (χ4n) is 1.93. The molecule has 2 nitrogen and oxygen atoms in total. The van der Waals surface area contributed by atoms with Crippen LogP contribution in [-0.4, -0.2) is 29.0 Å². The van der Waals surface area contributed by atoms with Gasteiger partial charge in [-0.1, -0.05) is 25.6 Å². The minimum Gasteiger partial charge on any atom is -0.392 e.